The molecule has 0 aliphatic carbocycles. The number of nitrogens with one attached hydrogen (secondary N) is 2. The summed E-state index contributed by atoms with van der Waals surface area (Å²) in [5, 5.41) is 19.3. The molecule has 0 spiro atoms. The Bertz CT molecular complexity index is 1390. The summed E-state index contributed by atoms with van der Waals surface area (Å²) >= 11 is 0. The molecule has 10 nitrogen and oxygen atoms in total. The molecule has 4 aromatic heterocycles. The predicted molar refractivity (Wildman–Crippen MR) is 111 cm³/mol. The molecule has 0 saturated heterocycles. The SMILES string of the molecule is Nc1nc2cc(-c3ccn[nH]3)ccc2c2nn(CCNC(=O)c3ccc(F)cn3)nc12. The van der Waals surface area contributed by atoms with Gasteiger partial charge in [-0.15, -0.1) is 5.10 Å². The van der Waals surface area contributed by atoms with Gasteiger partial charge in [0.25, 0.3) is 5.91 Å². The van der Waals surface area contributed by atoms with Crippen molar-refractivity contribution in [2.24, 2.45) is 0 Å². The fourth-order valence-electron chi connectivity index (χ4n) is 3.26. The number of aromatic amines is 1. The zero-order chi connectivity index (χ0) is 21.4. The van der Waals surface area contributed by atoms with Gasteiger partial charge >= 0.3 is 0 Å². The molecule has 0 saturated carbocycles. The van der Waals surface area contributed by atoms with E-state index >= 15 is 0 Å². The topological polar surface area (TPSA) is 140 Å². The molecule has 0 bridgehead atoms. The number of anilines is 1. The van der Waals surface area contributed by atoms with E-state index in [1.165, 1.54) is 16.9 Å². The highest BCUT2D eigenvalue weighted by molar-refractivity contribution is 6.06. The second-order valence-electron chi connectivity index (χ2n) is 6.81. The van der Waals surface area contributed by atoms with Gasteiger partial charge in [0.05, 0.1) is 24.0 Å². The van der Waals surface area contributed by atoms with E-state index in [9.17, 15) is 9.18 Å². The highest BCUT2D eigenvalue weighted by Gasteiger charge is 2.14. The fourth-order valence-corrected chi connectivity index (χ4v) is 3.26. The zero-order valence-corrected chi connectivity index (χ0v) is 16.1. The highest BCUT2D eigenvalue weighted by Crippen LogP contribution is 2.28. The van der Waals surface area contributed by atoms with E-state index in [-0.39, 0.29) is 18.1 Å². The first kappa shape index (κ1) is 18.6. The van der Waals surface area contributed by atoms with Crippen LogP contribution in [-0.2, 0) is 6.54 Å². The average Bonchev–Trinajstić information content (AvgIpc) is 3.44. The van der Waals surface area contributed by atoms with Gasteiger partial charge in [-0.1, -0.05) is 6.07 Å². The minimum absolute atomic E-state index is 0.132. The maximum absolute atomic E-state index is 12.9. The number of carbonyl (C=O) groups excluding carboxylic acids is 1. The van der Waals surface area contributed by atoms with Crippen molar-refractivity contribution in [2.75, 3.05) is 12.3 Å². The number of fused-ring (bicyclic) bond motifs is 3. The molecule has 1 aromatic carbocycles. The van der Waals surface area contributed by atoms with Gasteiger partial charge in [-0.3, -0.25) is 9.89 Å². The summed E-state index contributed by atoms with van der Waals surface area (Å²) in [5.41, 5.74) is 9.87. The number of amides is 1. The quantitative estimate of drug-likeness (QED) is 0.397. The lowest BCUT2D eigenvalue weighted by molar-refractivity contribution is 0.0946. The number of hydrogen-bond donors (Lipinski definition) is 3. The molecular formula is C20H16FN9O. The van der Waals surface area contributed by atoms with Crippen molar-refractivity contribution in [3.8, 4) is 11.3 Å². The van der Waals surface area contributed by atoms with Gasteiger partial charge < -0.3 is 11.1 Å². The Labute approximate surface area is 174 Å². The Morgan fingerprint density at radius 2 is 2.03 bits per heavy atom. The molecular weight excluding hydrogens is 401 g/mol. The summed E-state index contributed by atoms with van der Waals surface area (Å²) in [6.45, 7) is 0.572. The van der Waals surface area contributed by atoms with Crippen molar-refractivity contribution < 1.29 is 9.18 Å². The number of aromatic nitrogens is 7. The molecule has 0 fully saturated rings. The van der Waals surface area contributed by atoms with Crippen molar-refractivity contribution in [1.82, 2.24) is 40.5 Å². The Hall–Kier alpha value is -4.41. The van der Waals surface area contributed by atoms with Crippen LogP contribution in [0.3, 0.4) is 0 Å². The number of hydrogen-bond acceptors (Lipinski definition) is 7. The number of nitrogens with zero attached hydrogens (tertiary/aromatic N) is 6. The number of nitrogens with two attached hydrogens (primary N) is 1. The number of benzene rings is 1. The van der Waals surface area contributed by atoms with E-state index in [1.807, 2.05) is 24.3 Å². The summed E-state index contributed by atoms with van der Waals surface area (Å²) in [7, 11) is 0. The van der Waals surface area contributed by atoms with Crippen LogP contribution >= 0.6 is 0 Å². The molecule has 0 atom stereocenters. The Balaban J connectivity index is 1.37. The number of halogens is 1. The van der Waals surface area contributed by atoms with E-state index in [1.54, 1.807) is 6.20 Å². The van der Waals surface area contributed by atoms with Gasteiger partial charge in [0.2, 0.25) is 0 Å². The average molecular weight is 417 g/mol. The highest BCUT2D eigenvalue weighted by atomic mass is 19.1. The van der Waals surface area contributed by atoms with Crippen LogP contribution in [0.2, 0.25) is 0 Å². The first-order valence-corrected chi connectivity index (χ1v) is 9.42. The number of rotatable bonds is 5. The summed E-state index contributed by atoms with van der Waals surface area (Å²) in [6, 6.07) is 10.1. The lowest BCUT2D eigenvalue weighted by Crippen LogP contribution is -2.28. The van der Waals surface area contributed by atoms with E-state index in [0.29, 0.717) is 23.1 Å². The third-order valence-electron chi connectivity index (χ3n) is 4.76. The molecule has 5 rings (SSSR count). The molecule has 4 heterocycles. The normalized spacial score (nSPS) is 11.3. The molecule has 0 aliphatic heterocycles. The summed E-state index contributed by atoms with van der Waals surface area (Å²) in [4.78, 5) is 21.8. The number of carbonyl (C=O) groups is 1. The summed E-state index contributed by atoms with van der Waals surface area (Å²) in [5.74, 6) is -0.635. The number of H-pyrrole nitrogens is 1. The largest absolute Gasteiger partial charge is 0.382 e. The second kappa shape index (κ2) is 7.44. The maximum Gasteiger partial charge on any atom is 0.269 e. The third kappa shape index (κ3) is 3.52. The van der Waals surface area contributed by atoms with Crippen molar-refractivity contribution in [3.63, 3.8) is 0 Å². The van der Waals surface area contributed by atoms with Crippen molar-refractivity contribution >= 4 is 33.7 Å². The summed E-state index contributed by atoms with van der Waals surface area (Å²) < 4.78 is 12.9. The van der Waals surface area contributed by atoms with Crippen LogP contribution in [-0.4, -0.2) is 47.6 Å². The van der Waals surface area contributed by atoms with Crippen molar-refractivity contribution in [3.05, 3.63) is 60.3 Å². The molecule has 4 N–H and O–H groups in total. The molecule has 0 unspecified atom stereocenters. The Morgan fingerprint density at radius 3 is 2.81 bits per heavy atom. The molecule has 0 aliphatic rings. The van der Waals surface area contributed by atoms with Crippen LogP contribution in [0.15, 0.2) is 48.8 Å². The zero-order valence-electron chi connectivity index (χ0n) is 16.1. The minimum atomic E-state index is -0.501. The van der Waals surface area contributed by atoms with E-state index in [4.69, 9.17) is 5.73 Å². The molecule has 154 valence electrons. The van der Waals surface area contributed by atoms with E-state index < -0.39 is 11.7 Å². The molecule has 5 aromatic rings. The van der Waals surface area contributed by atoms with Crippen LogP contribution in [0.4, 0.5) is 10.2 Å². The Morgan fingerprint density at radius 1 is 1.16 bits per heavy atom. The fraction of sp³-hybridized carbons (Fsp3) is 0.100. The molecule has 0 radical (unpaired) electrons. The van der Waals surface area contributed by atoms with Crippen LogP contribution < -0.4 is 11.1 Å². The third-order valence-corrected chi connectivity index (χ3v) is 4.76. The van der Waals surface area contributed by atoms with Gasteiger partial charge in [-0.05, 0) is 30.3 Å². The first-order valence-electron chi connectivity index (χ1n) is 9.42. The van der Waals surface area contributed by atoms with Crippen LogP contribution in [0, 0.1) is 5.82 Å². The van der Waals surface area contributed by atoms with Gasteiger partial charge in [-0.25, -0.2) is 14.4 Å². The maximum atomic E-state index is 12.9. The molecule has 31 heavy (non-hydrogen) atoms. The van der Waals surface area contributed by atoms with Gasteiger partial charge in [0, 0.05) is 23.7 Å². The number of pyridine rings is 2. The van der Waals surface area contributed by atoms with Gasteiger partial charge in [0.1, 0.15) is 17.0 Å². The lowest BCUT2D eigenvalue weighted by Gasteiger charge is -2.04. The van der Waals surface area contributed by atoms with Gasteiger partial charge in [0.15, 0.2) is 11.3 Å². The smallest absolute Gasteiger partial charge is 0.269 e. The summed E-state index contributed by atoms with van der Waals surface area (Å²) in [6.07, 6.45) is 2.68. The van der Waals surface area contributed by atoms with Crippen molar-refractivity contribution in [1.29, 1.82) is 0 Å². The van der Waals surface area contributed by atoms with Gasteiger partial charge in [-0.2, -0.15) is 15.0 Å². The van der Waals surface area contributed by atoms with Crippen LogP contribution in [0.5, 0.6) is 0 Å². The molecule has 11 heteroatoms. The standard InChI is InChI=1S/C20H16FN9O/c21-12-2-4-15(24-10-12)20(31)23-7-8-30-28-17-13-3-1-11(14-5-6-25-27-14)9-16(13)26-19(22)18(17)29-30/h1-6,9-10H,7-8H2,(H2,22,26)(H,23,31)(H,25,27). The van der Waals surface area contributed by atoms with Crippen LogP contribution in [0.25, 0.3) is 33.2 Å². The monoisotopic (exact) mass is 417 g/mol. The Kier molecular flexibility index (Phi) is 4.47. The minimum Gasteiger partial charge on any atom is -0.382 e. The first-order chi connectivity index (χ1) is 15.1. The molecule has 1 amide bonds. The second-order valence-corrected chi connectivity index (χ2v) is 6.81. The number of nitrogen functional groups attached to an aromatic ring is 1. The van der Waals surface area contributed by atoms with E-state index in [2.05, 4.69) is 35.7 Å². The predicted octanol–water partition coefficient (Wildman–Crippen LogP) is 1.92. The van der Waals surface area contributed by atoms with E-state index in [0.717, 1.165) is 22.8 Å². The van der Waals surface area contributed by atoms with Crippen LogP contribution in [0.1, 0.15) is 10.5 Å². The lowest BCUT2D eigenvalue weighted by atomic mass is 10.1. The van der Waals surface area contributed by atoms with Crippen molar-refractivity contribution in [2.45, 2.75) is 6.54 Å².